The molecule has 0 saturated heterocycles. The molecule has 3 rings (SSSR count). The average Bonchev–Trinajstić information content (AvgIpc) is 3.04. The van der Waals surface area contributed by atoms with E-state index < -0.39 is 5.97 Å². The van der Waals surface area contributed by atoms with Crippen molar-refractivity contribution in [2.75, 3.05) is 11.9 Å². The highest BCUT2D eigenvalue weighted by Crippen LogP contribution is 2.27. The van der Waals surface area contributed by atoms with Crippen LogP contribution in [-0.4, -0.2) is 42.2 Å². The van der Waals surface area contributed by atoms with Gasteiger partial charge in [-0.05, 0) is 13.3 Å². The van der Waals surface area contributed by atoms with Gasteiger partial charge in [0.2, 0.25) is 5.95 Å². The van der Waals surface area contributed by atoms with Crippen molar-refractivity contribution in [3.63, 3.8) is 0 Å². The molecule has 0 spiro atoms. The van der Waals surface area contributed by atoms with Crippen molar-refractivity contribution in [2.24, 2.45) is 0 Å². The molecule has 3 heterocycles. The zero-order valence-corrected chi connectivity index (χ0v) is 10.4. The van der Waals surface area contributed by atoms with Gasteiger partial charge in [0, 0.05) is 24.8 Å². The fourth-order valence-electron chi connectivity index (χ4n) is 2.23. The maximum absolute atomic E-state index is 10.9. The topological polar surface area (TPSA) is 97.9 Å². The highest BCUT2D eigenvalue weighted by molar-refractivity contribution is 5.83. The first-order valence-corrected chi connectivity index (χ1v) is 6.15. The number of nitrogens with one attached hydrogen (secondary N) is 1. The van der Waals surface area contributed by atoms with Gasteiger partial charge in [0.05, 0.1) is 12.2 Å². The van der Waals surface area contributed by atoms with Crippen LogP contribution in [-0.2, 0) is 6.54 Å². The lowest BCUT2D eigenvalue weighted by Crippen LogP contribution is -2.24. The van der Waals surface area contributed by atoms with E-state index in [1.807, 2.05) is 17.8 Å². The van der Waals surface area contributed by atoms with Gasteiger partial charge in [-0.15, -0.1) is 5.10 Å². The van der Waals surface area contributed by atoms with Crippen LogP contribution in [0.2, 0.25) is 0 Å². The lowest BCUT2D eigenvalue weighted by atomic mass is 10.1. The summed E-state index contributed by atoms with van der Waals surface area (Å²) in [5.41, 5.74) is 1.02. The molecule has 8 nitrogen and oxygen atoms in total. The van der Waals surface area contributed by atoms with Crippen LogP contribution < -0.4 is 5.32 Å². The molecule has 2 aromatic rings. The maximum atomic E-state index is 10.9. The van der Waals surface area contributed by atoms with E-state index >= 15 is 0 Å². The van der Waals surface area contributed by atoms with Crippen molar-refractivity contribution in [1.29, 1.82) is 0 Å². The maximum Gasteiger partial charge on any atom is 0.375 e. The number of aromatic carboxylic acids is 1. The number of anilines is 1. The van der Waals surface area contributed by atoms with Crippen LogP contribution in [0.5, 0.6) is 0 Å². The largest absolute Gasteiger partial charge is 0.475 e. The lowest BCUT2D eigenvalue weighted by Gasteiger charge is -2.23. The Morgan fingerprint density at radius 3 is 3.16 bits per heavy atom. The molecule has 2 aromatic heterocycles. The monoisotopic (exact) mass is 262 g/mol. The molecule has 1 unspecified atom stereocenters. The van der Waals surface area contributed by atoms with Crippen LogP contribution >= 0.6 is 0 Å². The fourth-order valence-corrected chi connectivity index (χ4v) is 2.23. The molecule has 1 aliphatic heterocycles. The van der Waals surface area contributed by atoms with Crippen LogP contribution in [0.4, 0.5) is 5.95 Å². The van der Waals surface area contributed by atoms with Crippen LogP contribution in [0.15, 0.2) is 12.4 Å². The molecule has 2 N–H and O–H groups in total. The molecule has 0 aliphatic carbocycles. The number of hydrogen-bond acceptors (Lipinski definition) is 5. The van der Waals surface area contributed by atoms with Gasteiger partial charge in [0.25, 0.3) is 5.82 Å². The minimum absolute atomic E-state index is 0.0165. The molecule has 1 atom stereocenters. The SMILES string of the molecule is CCn1cc(C2CCNc3nc(C(=O)O)nn32)cn1. The fraction of sp³-hybridized carbons (Fsp3) is 0.455. The minimum atomic E-state index is -1.12. The summed E-state index contributed by atoms with van der Waals surface area (Å²) in [7, 11) is 0. The third-order valence-electron chi connectivity index (χ3n) is 3.18. The van der Waals surface area contributed by atoms with E-state index in [0.29, 0.717) is 5.95 Å². The second-order valence-electron chi connectivity index (χ2n) is 4.37. The van der Waals surface area contributed by atoms with Gasteiger partial charge >= 0.3 is 5.97 Å². The number of aromatic nitrogens is 5. The molecular formula is C11H14N6O2. The first-order valence-electron chi connectivity index (χ1n) is 6.15. The van der Waals surface area contributed by atoms with Crippen molar-refractivity contribution >= 4 is 11.9 Å². The Balaban J connectivity index is 1.99. The molecule has 0 radical (unpaired) electrons. The average molecular weight is 262 g/mol. The molecule has 100 valence electrons. The van der Waals surface area contributed by atoms with E-state index in [2.05, 4.69) is 20.5 Å². The molecule has 1 aliphatic rings. The van der Waals surface area contributed by atoms with Crippen LogP contribution in [0.25, 0.3) is 0 Å². The summed E-state index contributed by atoms with van der Waals surface area (Å²) in [6, 6.07) is -0.0165. The first-order chi connectivity index (χ1) is 9.19. The van der Waals surface area contributed by atoms with Gasteiger partial charge in [-0.3, -0.25) is 4.68 Å². The van der Waals surface area contributed by atoms with Gasteiger partial charge < -0.3 is 10.4 Å². The second kappa shape index (κ2) is 4.38. The van der Waals surface area contributed by atoms with Gasteiger partial charge in [-0.1, -0.05) is 0 Å². The minimum Gasteiger partial charge on any atom is -0.475 e. The first kappa shape index (κ1) is 11.7. The van der Waals surface area contributed by atoms with E-state index in [-0.39, 0.29) is 11.9 Å². The summed E-state index contributed by atoms with van der Waals surface area (Å²) in [5, 5.41) is 20.3. The summed E-state index contributed by atoms with van der Waals surface area (Å²) >= 11 is 0. The Morgan fingerprint density at radius 2 is 2.47 bits per heavy atom. The highest BCUT2D eigenvalue weighted by Gasteiger charge is 2.27. The quantitative estimate of drug-likeness (QED) is 0.840. The van der Waals surface area contributed by atoms with E-state index in [0.717, 1.165) is 25.1 Å². The Bertz CT molecular complexity index is 616. The Kier molecular flexibility index (Phi) is 2.69. The third kappa shape index (κ3) is 1.94. The second-order valence-corrected chi connectivity index (χ2v) is 4.37. The molecule has 0 bridgehead atoms. The van der Waals surface area contributed by atoms with Crippen molar-refractivity contribution in [3.05, 3.63) is 23.8 Å². The number of hydrogen-bond donors (Lipinski definition) is 2. The van der Waals surface area contributed by atoms with Gasteiger partial charge in [0.15, 0.2) is 0 Å². The van der Waals surface area contributed by atoms with E-state index in [1.165, 1.54) is 0 Å². The van der Waals surface area contributed by atoms with Crippen LogP contribution in [0.1, 0.15) is 35.6 Å². The van der Waals surface area contributed by atoms with Gasteiger partial charge in [-0.25, -0.2) is 9.48 Å². The predicted molar refractivity (Wildman–Crippen MR) is 66.1 cm³/mol. The molecule has 19 heavy (non-hydrogen) atoms. The summed E-state index contributed by atoms with van der Waals surface area (Å²) in [6.07, 6.45) is 4.58. The summed E-state index contributed by atoms with van der Waals surface area (Å²) in [4.78, 5) is 14.9. The number of carbonyl (C=O) groups is 1. The van der Waals surface area contributed by atoms with E-state index in [1.54, 1.807) is 10.9 Å². The zero-order valence-electron chi connectivity index (χ0n) is 10.4. The number of carboxylic acid groups (broad SMARTS) is 1. The molecule has 8 heteroatoms. The van der Waals surface area contributed by atoms with Crippen molar-refractivity contribution in [2.45, 2.75) is 25.9 Å². The number of rotatable bonds is 3. The Hall–Kier alpha value is -2.38. The van der Waals surface area contributed by atoms with Crippen LogP contribution in [0.3, 0.4) is 0 Å². The number of aryl methyl sites for hydroxylation is 1. The predicted octanol–water partition coefficient (Wildman–Crippen LogP) is 0.598. The van der Waals surface area contributed by atoms with Crippen molar-refractivity contribution in [1.82, 2.24) is 24.5 Å². The lowest BCUT2D eigenvalue weighted by molar-refractivity contribution is 0.0683. The van der Waals surface area contributed by atoms with Gasteiger partial charge in [0.1, 0.15) is 0 Å². The summed E-state index contributed by atoms with van der Waals surface area (Å²) in [5.74, 6) is -0.804. The smallest absolute Gasteiger partial charge is 0.375 e. The van der Waals surface area contributed by atoms with Gasteiger partial charge in [-0.2, -0.15) is 10.1 Å². The normalized spacial score (nSPS) is 17.8. The molecule has 0 aromatic carbocycles. The highest BCUT2D eigenvalue weighted by atomic mass is 16.4. The zero-order chi connectivity index (χ0) is 13.4. The van der Waals surface area contributed by atoms with E-state index in [4.69, 9.17) is 5.11 Å². The number of nitrogens with zero attached hydrogens (tertiary/aromatic N) is 5. The Labute approximate surface area is 109 Å². The number of fused-ring (bicyclic) bond motifs is 1. The molecular weight excluding hydrogens is 248 g/mol. The third-order valence-corrected chi connectivity index (χ3v) is 3.18. The summed E-state index contributed by atoms with van der Waals surface area (Å²) in [6.45, 7) is 3.55. The molecule has 0 saturated carbocycles. The molecule has 0 amide bonds. The van der Waals surface area contributed by atoms with Crippen LogP contribution in [0, 0.1) is 0 Å². The molecule has 0 fully saturated rings. The summed E-state index contributed by atoms with van der Waals surface area (Å²) < 4.78 is 3.47. The van der Waals surface area contributed by atoms with Crippen molar-refractivity contribution < 1.29 is 9.90 Å². The number of carboxylic acids is 1. The van der Waals surface area contributed by atoms with E-state index in [9.17, 15) is 4.79 Å². The standard InChI is InChI=1S/C11H14N6O2/c1-2-16-6-7(5-13-16)8-3-4-12-11-14-9(10(18)19)15-17(8)11/h5-6,8H,2-4H2,1H3,(H,18,19)(H,12,14,15). The van der Waals surface area contributed by atoms with Crippen molar-refractivity contribution in [3.8, 4) is 0 Å². The Morgan fingerprint density at radius 1 is 1.63 bits per heavy atom.